The molecule has 1 N–H and O–H groups in total. The van der Waals surface area contributed by atoms with E-state index in [0.717, 1.165) is 22.4 Å². The smallest absolute Gasteiger partial charge is 0.316 e. The second-order valence-electron chi connectivity index (χ2n) is 5.99. The highest BCUT2D eigenvalue weighted by molar-refractivity contribution is 5.94. The fourth-order valence-corrected chi connectivity index (χ4v) is 2.53. The van der Waals surface area contributed by atoms with Crippen LogP contribution in [-0.2, 0) is 0 Å². The van der Waals surface area contributed by atoms with Crippen LogP contribution in [0, 0.1) is 13.8 Å². The third kappa shape index (κ3) is 4.45. The number of rotatable bonds is 6. The lowest BCUT2D eigenvalue weighted by Crippen LogP contribution is -2.28. The van der Waals surface area contributed by atoms with E-state index in [2.05, 4.69) is 15.3 Å². The van der Waals surface area contributed by atoms with Crippen LogP contribution in [0.3, 0.4) is 0 Å². The molecular weight excluding hydrogens is 326 g/mol. The Kier molecular flexibility index (Phi) is 5.59. The van der Waals surface area contributed by atoms with Crippen molar-refractivity contribution in [1.82, 2.24) is 15.3 Å². The Bertz CT molecular complexity index is 878. The molecule has 0 atom stereocenters. The van der Waals surface area contributed by atoms with Crippen LogP contribution in [0.1, 0.15) is 21.6 Å². The average molecular weight is 347 g/mol. The van der Waals surface area contributed by atoms with Crippen LogP contribution in [0.2, 0.25) is 0 Å². The molecule has 5 heteroatoms. The molecule has 3 aromatic rings. The van der Waals surface area contributed by atoms with Crippen molar-refractivity contribution in [2.24, 2.45) is 0 Å². The van der Waals surface area contributed by atoms with Crippen molar-refractivity contribution in [2.45, 2.75) is 13.8 Å². The van der Waals surface area contributed by atoms with Crippen molar-refractivity contribution < 1.29 is 9.53 Å². The molecule has 26 heavy (non-hydrogen) atoms. The van der Waals surface area contributed by atoms with E-state index in [1.807, 2.05) is 56.3 Å². The van der Waals surface area contributed by atoms with Crippen molar-refractivity contribution in [2.75, 3.05) is 13.2 Å². The van der Waals surface area contributed by atoms with E-state index >= 15 is 0 Å². The minimum atomic E-state index is -0.120. The third-order valence-electron chi connectivity index (χ3n) is 3.97. The molecule has 0 saturated heterocycles. The number of ether oxygens (including phenoxy) is 1. The third-order valence-corrected chi connectivity index (χ3v) is 3.97. The number of nitrogens with one attached hydrogen (secondary N) is 1. The maximum absolute atomic E-state index is 12.0. The molecule has 1 amide bonds. The standard InChI is InChI=1S/C21H21N3O2/c1-15-8-10-18(11-9-15)20(25)22-12-13-26-21-23-14-19(16(2)24-21)17-6-4-3-5-7-17/h3-11,14H,12-13H2,1-2H3,(H,22,25). The zero-order valence-corrected chi connectivity index (χ0v) is 14.9. The lowest BCUT2D eigenvalue weighted by atomic mass is 10.1. The summed E-state index contributed by atoms with van der Waals surface area (Å²) in [6.07, 6.45) is 1.76. The summed E-state index contributed by atoms with van der Waals surface area (Å²) in [7, 11) is 0. The van der Waals surface area contributed by atoms with Crippen molar-refractivity contribution in [3.8, 4) is 17.1 Å². The zero-order valence-electron chi connectivity index (χ0n) is 14.9. The van der Waals surface area contributed by atoms with Gasteiger partial charge in [0, 0.05) is 17.3 Å². The van der Waals surface area contributed by atoms with Gasteiger partial charge in [0.15, 0.2) is 0 Å². The zero-order chi connectivity index (χ0) is 18.4. The topological polar surface area (TPSA) is 64.1 Å². The number of carbonyl (C=O) groups excluding carboxylic acids is 1. The predicted molar refractivity (Wildman–Crippen MR) is 101 cm³/mol. The molecule has 1 heterocycles. The maximum atomic E-state index is 12.0. The molecule has 0 aliphatic heterocycles. The average Bonchev–Trinajstić information content (AvgIpc) is 2.66. The lowest BCUT2D eigenvalue weighted by Gasteiger charge is -2.09. The molecule has 3 rings (SSSR count). The first kappa shape index (κ1) is 17.6. The Morgan fingerprint density at radius 1 is 1.04 bits per heavy atom. The van der Waals surface area contributed by atoms with Gasteiger partial charge in [-0.1, -0.05) is 48.0 Å². The number of aryl methyl sites for hydroxylation is 2. The Morgan fingerprint density at radius 3 is 2.46 bits per heavy atom. The van der Waals surface area contributed by atoms with Crippen LogP contribution in [-0.4, -0.2) is 29.0 Å². The van der Waals surface area contributed by atoms with Gasteiger partial charge < -0.3 is 10.1 Å². The van der Waals surface area contributed by atoms with Gasteiger partial charge >= 0.3 is 6.01 Å². The molecule has 0 aliphatic rings. The molecule has 0 unspecified atom stereocenters. The summed E-state index contributed by atoms with van der Waals surface area (Å²) in [6.45, 7) is 4.61. The summed E-state index contributed by atoms with van der Waals surface area (Å²) >= 11 is 0. The van der Waals surface area contributed by atoms with Gasteiger partial charge in [-0.05, 0) is 31.5 Å². The van der Waals surface area contributed by atoms with E-state index in [1.165, 1.54) is 0 Å². The highest BCUT2D eigenvalue weighted by Crippen LogP contribution is 2.22. The second-order valence-corrected chi connectivity index (χ2v) is 5.99. The summed E-state index contributed by atoms with van der Waals surface area (Å²) < 4.78 is 5.55. The number of amides is 1. The van der Waals surface area contributed by atoms with Crippen LogP contribution >= 0.6 is 0 Å². The van der Waals surface area contributed by atoms with Gasteiger partial charge in [0.05, 0.1) is 12.2 Å². The number of hydrogen-bond donors (Lipinski definition) is 1. The molecule has 132 valence electrons. The highest BCUT2D eigenvalue weighted by atomic mass is 16.5. The Hall–Kier alpha value is -3.21. The fraction of sp³-hybridized carbons (Fsp3) is 0.190. The van der Waals surface area contributed by atoms with Gasteiger partial charge in [0.1, 0.15) is 6.61 Å². The maximum Gasteiger partial charge on any atom is 0.316 e. The summed E-state index contributed by atoms with van der Waals surface area (Å²) in [4.78, 5) is 20.7. The van der Waals surface area contributed by atoms with E-state index in [-0.39, 0.29) is 5.91 Å². The highest BCUT2D eigenvalue weighted by Gasteiger charge is 2.07. The predicted octanol–water partition coefficient (Wildman–Crippen LogP) is 3.57. The molecule has 0 radical (unpaired) electrons. The number of benzene rings is 2. The van der Waals surface area contributed by atoms with Crippen LogP contribution in [0.25, 0.3) is 11.1 Å². The first-order valence-electron chi connectivity index (χ1n) is 8.50. The number of carbonyl (C=O) groups is 1. The van der Waals surface area contributed by atoms with Crippen molar-refractivity contribution in [3.63, 3.8) is 0 Å². The number of hydrogen-bond acceptors (Lipinski definition) is 4. The summed E-state index contributed by atoms with van der Waals surface area (Å²) in [5.74, 6) is -0.120. The van der Waals surface area contributed by atoms with Gasteiger partial charge in [-0.2, -0.15) is 4.98 Å². The molecule has 0 aliphatic carbocycles. The van der Waals surface area contributed by atoms with Crippen molar-refractivity contribution in [1.29, 1.82) is 0 Å². The van der Waals surface area contributed by atoms with E-state index in [4.69, 9.17) is 4.74 Å². The monoisotopic (exact) mass is 347 g/mol. The minimum Gasteiger partial charge on any atom is -0.462 e. The summed E-state index contributed by atoms with van der Waals surface area (Å²) in [5.41, 5.74) is 4.66. The van der Waals surface area contributed by atoms with E-state index in [0.29, 0.717) is 24.7 Å². The van der Waals surface area contributed by atoms with E-state index in [9.17, 15) is 4.79 Å². The largest absolute Gasteiger partial charge is 0.462 e. The van der Waals surface area contributed by atoms with E-state index in [1.54, 1.807) is 18.3 Å². The summed E-state index contributed by atoms with van der Waals surface area (Å²) in [5, 5.41) is 2.82. The lowest BCUT2D eigenvalue weighted by molar-refractivity contribution is 0.0946. The van der Waals surface area contributed by atoms with Crippen LogP contribution in [0.4, 0.5) is 0 Å². The summed E-state index contributed by atoms with van der Waals surface area (Å²) in [6, 6.07) is 17.7. The van der Waals surface area contributed by atoms with Crippen LogP contribution < -0.4 is 10.1 Å². The number of aromatic nitrogens is 2. The SMILES string of the molecule is Cc1ccc(C(=O)NCCOc2ncc(-c3ccccc3)c(C)n2)cc1. The van der Waals surface area contributed by atoms with Gasteiger partial charge in [-0.3, -0.25) is 4.79 Å². The molecule has 0 saturated carbocycles. The van der Waals surface area contributed by atoms with Crippen LogP contribution in [0.5, 0.6) is 6.01 Å². The number of nitrogens with zero attached hydrogens (tertiary/aromatic N) is 2. The van der Waals surface area contributed by atoms with Gasteiger partial charge in [0.25, 0.3) is 5.91 Å². The van der Waals surface area contributed by atoms with Gasteiger partial charge in [-0.25, -0.2) is 4.98 Å². The first-order chi connectivity index (χ1) is 12.6. The fourth-order valence-electron chi connectivity index (χ4n) is 2.53. The Morgan fingerprint density at radius 2 is 1.77 bits per heavy atom. The second kappa shape index (κ2) is 8.25. The molecule has 0 spiro atoms. The molecule has 2 aromatic carbocycles. The minimum absolute atomic E-state index is 0.120. The molecule has 1 aromatic heterocycles. The van der Waals surface area contributed by atoms with Crippen molar-refractivity contribution in [3.05, 3.63) is 77.6 Å². The van der Waals surface area contributed by atoms with E-state index < -0.39 is 0 Å². The van der Waals surface area contributed by atoms with Gasteiger partial charge in [0.2, 0.25) is 0 Å². The molecule has 5 nitrogen and oxygen atoms in total. The molecule has 0 bridgehead atoms. The molecule has 0 fully saturated rings. The Balaban J connectivity index is 1.51. The Labute approximate surface area is 153 Å². The van der Waals surface area contributed by atoms with Crippen molar-refractivity contribution >= 4 is 5.91 Å². The normalized spacial score (nSPS) is 10.4. The van der Waals surface area contributed by atoms with Gasteiger partial charge in [-0.15, -0.1) is 0 Å². The quantitative estimate of drug-likeness (QED) is 0.693. The molecular formula is C21H21N3O2. The van der Waals surface area contributed by atoms with Crippen LogP contribution in [0.15, 0.2) is 60.8 Å². The first-order valence-corrected chi connectivity index (χ1v) is 8.50.